The minimum atomic E-state index is 0.0324. The zero-order valence-corrected chi connectivity index (χ0v) is 21.4. The Morgan fingerprint density at radius 2 is 1.17 bits per heavy atom. The molecule has 35 heavy (non-hydrogen) atoms. The van der Waals surface area contributed by atoms with Crippen LogP contribution in [0.3, 0.4) is 0 Å². The first-order valence-corrected chi connectivity index (χ1v) is 12.7. The van der Waals surface area contributed by atoms with E-state index in [1.807, 2.05) is 38.1 Å². The van der Waals surface area contributed by atoms with Crippen molar-refractivity contribution in [1.29, 1.82) is 0 Å². The SMILES string of the molecule is CCCC(=O)Nc1cccc2c(C)c(C(CC)c3[nH]c4c(NC(=O)CCC)cccc4c3C)[nH]c12. The quantitative estimate of drug-likeness (QED) is 0.206. The summed E-state index contributed by atoms with van der Waals surface area (Å²) in [7, 11) is 0. The number of para-hydroxylation sites is 2. The molecule has 4 rings (SSSR count). The van der Waals surface area contributed by atoms with Crippen LogP contribution in [0, 0.1) is 13.8 Å². The van der Waals surface area contributed by atoms with Gasteiger partial charge >= 0.3 is 0 Å². The number of benzene rings is 2. The Kier molecular flexibility index (Phi) is 7.29. The molecule has 184 valence electrons. The molecule has 4 aromatic rings. The van der Waals surface area contributed by atoms with Crippen molar-refractivity contribution in [3.05, 3.63) is 58.9 Å². The Morgan fingerprint density at radius 3 is 1.54 bits per heavy atom. The number of hydrogen-bond donors (Lipinski definition) is 4. The topological polar surface area (TPSA) is 89.8 Å². The van der Waals surface area contributed by atoms with Crippen LogP contribution in [0.2, 0.25) is 0 Å². The number of carbonyl (C=O) groups excluding carboxylic acids is 2. The van der Waals surface area contributed by atoms with Gasteiger partial charge in [0.2, 0.25) is 11.8 Å². The minimum absolute atomic E-state index is 0.0324. The van der Waals surface area contributed by atoms with Gasteiger partial charge in [0.25, 0.3) is 0 Å². The predicted octanol–water partition coefficient (Wildman–Crippen LogP) is 7.29. The second-order valence-corrected chi connectivity index (χ2v) is 9.34. The highest BCUT2D eigenvalue weighted by atomic mass is 16.2. The van der Waals surface area contributed by atoms with E-state index in [9.17, 15) is 9.59 Å². The van der Waals surface area contributed by atoms with Crippen LogP contribution in [0.25, 0.3) is 21.8 Å². The summed E-state index contributed by atoms with van der Waals surface area (Å²) in [6.07, 6.45) is 3.54. The van der Waals surface area contributed by atoms with Gasteiger partial charge in [0.15, 0.2) is 0 Å². The largest absolute Gasteiger partial charge is 0.356 e. The van der Waals surface area contributed by atoms with Crippen LogP contribution in [0.4, 0.5) is 11.4 Å². The Bertz CT molecular complexity index is 1270. The molecule has 0 bridgehead atoms. The van der Waals surface area contributed by atoms with Crippen molar-refractivity contribution in [3.63, 3.8) is 0 Å². The van der Waals surface area contributed by atoms with Crippen molar-refractivity contribution >= 4 is 45.0 Å². The van der Waals surface area contributed by atoms with E-state index >= 15 is 0 Å². The molecule has 0 saturated carbocycles. The van der Waals surface area contributed by atoms with Gasteiger partial charge in [0.05, 0.1) is 22.4 Å². The highest BCUT2D eigenvalue weighted by Crippen LogP contribution is 2.39. The van der Waals surface area contributed by atoms with Crippen molar-refractivity contribution in [3.8, 4) is 0 Å². The molecule has 2 aromatic heterocycles. The minimum Gasteiger partial charge on any atom is -0.356 e. The third kappa shape index (κ3) is 4.70. The van der Waals surface area contributed by atoms with Crippen LogP contribution in [-0.4, -0.2) is 21.8 Å². The Balaban J connectivity index is 1.78. The van der Waals surface area contributed by atoms with E-state index in [2.05, 4.69) is 53.5 Å². The summed E-state index contributed by atoms with van der Waals surface area (Å²) in [5.74, 6) is 0.183. The summed E-state index contributed by atoms with van der Waals surface area (Å²) in [5, 5.41) is 8.39. The molecule has 2 amide bonds. The normalized spacial score (nSPS) is 11.5. The smallest absolute Gasteiger partial charge is 0.224 e. The molecule has 0 fully saturated rings. The van der Waals surface area contributed by atoms with E-state index in [1.165, 1.54) is 11.1 Å². The molecule has 2 aromatic carbocycles. The molecular weight excluding hydrogens is 436 g/mol. The first kappa shape index (κ1) is 24.6. The number of nitrogens with one attached hydrogen (secondary N) is 4. The van der Waals surface area contributed by atoms with Gasteiger partial charge in [0, 0.05) is 40.9 Å². The highest BCUT2D eigenvalue weighted by Gasteiger charge is 2.24. The van der Waals surface area contributed by atoms with Crippen molar-refractivity contribution in [2.24, 2.45) is 0 Å². The molecule has 6 nitrogen and oxygen atoms in total. The lowest BCUT2D eigenvalue weighted by Crippen LogP contribution is -2.11. The molecule has 0 radical (unpaired) electrons. The average Bonchev–Trinajstić information content (AvgIpc) is 3.34. The fraction of sp³-hybridized carbons (Fsp3) is 0.379. The van der Waals surface area contributed by atoms with Gasteiger partial charge in [-0.15, -0.1) is 0 Å². The summed E-state index contributed by atoms with van der Waals surface area (Å²) in [6, 6.07) is 12.1. The number of aromatic amines is 2. The van der Waals surface area contributed by atoms with Crippen LogP contribution in [-0.2, 0) is 9.59 Å². The predicted molar refractivity (Wildman–Crippen MR) is 145 cm³/mol. The number of aromatic nitrogens is 2. The molecule has 0 aliphatic carbocycles. The summed E-state index contributed by atoms with van der Waals surface area (Å²) >= 11 is 0. The van der Waals surface area contributed by atoms with Crippen LogP contribution in [0.15, 0.2) is 36.4 Å². The fourth-order valence-corrected chi connectivity index (χ4v) is 5.08. The first-order chi connectivity index (χ1) is 16.9. The molecule has 2 heterocycles. The van der Waals surface area contributed by atoms with Crippen LogP contribution >= 0.6 is 0 Å². The van der Waals surface area contributed by atoms with Gasteiger partial charge in [-0.05, 0) is 56.4 Å². The number of fused-ring (bicyclic) bond motifs is 2. The van der Waals surface area contributed by atoms with Crippen molar-refractivity contribution in [1.82, 2.24) is 9.97 Å². The molecule has 0 aliphatic heterocycles. The Labute approximate surface area is 206 Å². The second-order valence-electron chi connectivity index (χ2n) is 9.34. The van der Waals surface area contributed by atoms with E-state index in [1.54, 1.807) is 0 Å². The van der Waals surface area contributed by atoms with Crippen LogP contribution in [0.5, 0.6) is 0 Å². The molecule has 0 atom stereocenters. The van der Waals surface area contributed by atoms with Gasteiger partial charge in [-0.1, -0.05) is 45.0 Å². The van der Waals surface area contributed by atoms with Gasteiger partial charge in [-0.3, -0.25) is 9.59 Å². The zero-order valence-electron chi connectivity index (χ0n) is 21.4. The monoisotopic (exact) mass is 472 g/mol. The Hall–Kier alpha value is -3.54. The summed E-state index contributed by atoms with van der Waals surface area (Å²) < 4.78 is 0. The number of aryl methyl sites for hydroxylation is 2. The number of hydrogen-bond acceptors (Lipinski definition) is 2. The average molecular weight is 473 g/mol. The summed E-state index contributed by atoms with van der Waals surface area (Å²) in [6.45, 7) is 10.5. The van der Waals surface area contributed by atoms with Crippen molar-refractivity contribution in [2.45, 2.75) is 72.6 Å². The molecule has 6 heteroatoms. The maximum absolute atomic E-state index is 12.3. The second kappa shape index (κ2) is 10.4. The van der Waals surface area contributed by atoms with E-state index in [0.29, 0.717) is 12.8 Å². The van der Waals surface area contributed by atoms with E-state index in [4.69, 9.17) is 0 Å². The fourth-order valence-electron chi connectivity index (χ4n) is 5.08. The maximum atomic E-state index is 12.3. The van der Waals surface area contributed by atoms with Gasteiger partial charge in [-0.25, -0.2) is 0 Å². The number of anilines is 2. The summed E-state index contributed by atoms with van der Waals surface area (Å²) in [4.78, 5) is 31.9. The van der Waals surface area contributed by atoms with Crippen LogP contribution < -0.4 is 10.6 Å². The van der Waals surface area contributed by atoms with Gasteiger partial charge in [0.1, 0.15) is 0 Å². The van der Waals surface area contributed by atoms with E-state index in [0.717, 1.165) is 63.8 Å². The lowest BCUT2D eigenvalue weighted by Gasteiger charge is -2.15. The molecular formula is C29H36N4O2. The van der Waals surface area contributed by atoms with E-state index < -0.39 is 0 Å². The van der Waals surface area contributed by atoms with Crippen LogP contribution in [0.1, 0.15) is 81.3 Å². The highest BCUT2D eigenvalue weighted by molar-refractivity contribution is 6.03. The standard InChI is InChI=1S/C29H36N4O2/c1-6-11-24(34)30-22-15-9-13-20-17(4)26(32-28(20)22)19(8-3)27-18(5)21-14-10-16-23(29(21)33-27)31-25(35)12-7-2/h9-10,13-16,19,32-33H,6-8,11-12H2,1-5H3,(H,30,34)(H,31,35). The van der Waals surface area contributed by atoms with Gasteiger partial charge in [-0.2, -0.15) is 0 Å². The number of carbonyl (C=O) groups is 2. The molecule has 0 unspecified atom stereocenters. The molecule has 0 aliphatic rings. The molecule has 0 saturated heterocycles. The Morgan fingerprint density at radius 1 is 0.743 bits per heavy atom. The number of H-pyrrole nitrogens is 2. The zero-order chi connectivity index (χ0) is 25.1. The maximum Gasteiger partial charge on any atom is 0.224 e. The van der Waals surface area contributed by atoms with Crippen molar-refractivity contribution < 1.29 is 9.59 Å². The number of rotatable bonds is 9. The molecule has 0 spiro atoms. The molecule has 4 N–H and O–H groups in total. The summed E-state index contributed by atoms with van der Waals surface area (Å²) in [5.41, 5.74) is 8.23. The third-order valence-electron chi connectivity index (χ3n) is 6.87. The third-order valence-corrected chi connectivity index (χ3v) is 6.87. The van der Waals surface area contributed by atoms with Gasteiger partial charge < -0.3 is 20.6 Å². The van der Waals surface area contributed by atoms with Crippen molar-refractivity contribution in [2.75, 3.05) is 10.6 Å². The number of amides is 2. The lowest BCUT2D eigenvalue weighted by molar-refractivity contribution is -0.117. The van der Waals surface area contributed by atoms with E-state index in [-0.39, 0.29) is 17.7 Å². The first-order valence-electron chi connectivity index (χ1n) is 12.7. The lowest BCUT2D eigenvalue weighted by atomic mass is 9.92.